The first-order chi connectivity index (χ1) is 35.9. The Kier molecular flexibility index (Phi) is 37.2. The molecule has 1 fully saturated rings. The summed E-state index contributed by atoms with van der Waals surface area (Å²) in [6.07, 6.45) is 33.9. The zero-order chi connectivity index (χ0) is 55.2. The second-order valence-electron chi connectivity index (χ2n) is 20.1. The normalized spacial score (nSPS) is 19.5. The number of aliphatic hydroxyl groups excluding tert-OH is 3. The Morgan fingerprint density at radius 3 is 1.92 bits per heavy atom. The fraction of sp³-hybridized carbons (Fsp3) is 0.778. The van der Waals surface area contributed by atoms with Gasteiger partial charge in [0, 0.05) is 19.0 Å². The maximum Gasteiger partial charge on any atom is 0.481 e. The number of anilines is 1. The van der Waals surface area contributed by atoms with Crippen LogP contribution in [0.2, 0.25) is 0 Å². The number of aliphatic hydroxyl groups is 3. The van der Waals surface area contributed by atoms with Gasteiger partial charge in [0.1, 0.15) is 30.7 Å². The summed E-state index contributed by atoms with van der Waals surface area (Å²) in [5.41, 5.74) is 4.58. The van der Waals surface area contributed by atoms with Crippen LogP contribution in [0.4, 0.5) is 5.82 Å². The number of aromatic nitrogens is 2. The van der Waals surface area contributed by atoms with Gasteiger partial charge in [0.15, 0.2) is 12.3 Å². The molecule has 0 spiro atoms. The maximum atomic E-state index is 12.9. The molecule has 8 atom stereocenters. The zero-order valence-corrected chi connectivity index (χ0v) is 47.2. The van der Waals surface area contributed by atoms with E-state index in [-0.39, 0.29) is 31.5 Å². The molecule has 0 bridgehead atoms. The molecule has 0 saturated carbocycles. The molecule has 2 heterocycles. The van der Waals surface area contributed by atoms with Crippen LogP contribution in [0.1, 0.15) is 213 Å². The number of nitrogens with two attached hydrogens (primary N) is 1. The molecule has 1 aliphatic rings. The average molecular weight is 1100 g/mol. The lowest BCUT2D eigenvalue weighted by Crippen LogP contribution is -2.36. The van der Waals surface area contributed by atoms with Crippen LogP contribution in [0.15, 0.2) is 53.5 Å². The molecule has 75 heavy (non-hydrogen) atoms. The molecular weight excluding hydrogens is 1010 g/mol. The average Bonchev–Trinajstić information content (AvgIpc) is 3.63. The fourth-order valence-corrected chi connectivity index (χ4v) is 10.5. The minimum absolute atomic E-state index is 0.0907. The first-order valence-corrected chi connectivity index (χ1v) is 31.0. The lowest BCUT2D eigenvalue weighted by Gasteiger charge is -2.21. The van der Waals surface area contributed by atoms with Crippen molar-refractivity contribution in [2.75, 3.05) is 25.6 Å². The number of phosphoric acid groups is 2. The minimum Gasteiger partial charge on any atom is -0.462 e. The molecule has 2 rings (SSSR count). The number of ether oxygens (including phenoxy) is 3. The molecule has 1 aromatic heterocycles. The molecule has 1 aliphatic heterocycles. The Hall–Kier alpha value is -3.06. The van der Waals surface area contributed by atoms with Gasteiger partial charge in [-0.05, 0) is 50.5 Å². The number of nitrogens with zero attached hydrogens (tertiary/aromatic N) is 2. The standard InChI is InChI=1S/C54H95N3O16P2/c1-4-5-6-7-8-9-10-15-19-22-25-28-31-35-45(58)36-33-38-50(60)71-46(41-68-49(59)37-32-29-26-23-20-17-14-12-11-13-16-18-21-24-27-30-34-44(2)3)42-69-74(64,65)73-75(66,67)70-43-47-51(61)52(62)53(72-47)57-40-39-48(55)56-54(57)63/h15,19,25,28,31,35,39-40,44-47,51-53,58,61-62H,4-14,16-18,20-24,26-27,29-30,32-34,36-38,41-43H2,1-3H3,(H,64,65)(H,66,67)(H2,55,56,63)/b19-15+,28-25+,35-31+/t45?,46-,47-,51-,52-,53-/m1/s1. The van der Waals surface area contributed by atoms with E-state index in [1.807, 2.05) is 12.2 Å². The molecule has 0 radical (unpaired) electrons. The number of unbranched alkanes of at least 4 members (excludes halogenated alkanes) is 21. The van der Waals surface area contributed by atoms with E-state index in [4.69, 9.17) is 29.0 Å². The van der Waals surface area contributed by atoms with Gasteiger partial charge in [-0.3, -0.25) is 23.2 Å². The van der Waals surface area contributed by atoms with Gasteiger partial charge in [0.2, 0.25) is 0 Å². The number of carbonyl (C=O) groups excluding carboxylic acids is 2. The summed E-state index contributed by atoms with van der Waals surface area (Å²) in [7, 11) is -10.9. The van der Waals surface area contributed by atoms with E-state index in [2.05, 4.69) is 42.2 Å². The molecule has 3 unspecified atom stereocenters. The highest BCUT2D eigenvalue weighted by Crippen LogP contribution is 2.60. The SMILES string of the molecule is CCCCCCCC/C=C/C/C=C/C=C/C(O)CCCC(=O)O[C@H](COC(=O)CCCCCCCCCCCCCCCCCCC(C)C)COP(=O)(O)OP(=O)(O)OC[C@H]1O[C@@H](n2ccc(N)nc2=O)[C@H](O)[C@@H]1O. The predicted octanol–water partition coefficient (Wildman–Crippen LogP) is 11.2. The third-order valence-corrected chi connectivity index (χ3v) is 15.4. The topological polar surface area (TPSA) is 286 Å². The van der Waals surface area contributed by atoms with E-state index in [1.54, 1.807) is 12.2 Å². The number of allylic oxidation sites excluding steroid dienone is 5. The first-order valence-electron chi connectivity index (χ1n) is 28.0. The molecule has 1 aromatic rings. The van der Waals surface area contributed by atoms with E-state index in [1.165, 1.54) is 122 Å². The smallest absolute Gasteiger partial charge is 0.462 e. The van der Waals surface area contributed by atoms with Crippen molar-refractivity contribution in [3.8, 4) is 0 Å². The van der Waals surface area contributed by atoms with Crippen molar-refractivity contribution in [2.45, 2.75) is 244 Å². The van der Waals surface area contributed by atoms with Gasteiger partial charge >= 0.3 is 33.3 Å². The van der Waals surface area contributed by atoms with Gasteiger partial charge in [-0.25, -0.2) is 13.9 Å². The van der Waals surface area contributed by atoms with Gasteiger partial charge in [0.25, 0.3) is 0 Å². The number of rotatable bonds is 46. The van der Waals surface area contributed by atoms with Gasteiger partial charge in [-0.2, -0.15) is 9.29 Å². The Morgan fingerprint density at radius 2 is 1.31 bits per heavy atom. The molecule has 19 nitrogen and oxygen atoms in total. The van der Waals surface area contributed by atoms with Crippen molar-refractivity contribution in [3.63, 3.8) is 0 Å². The summed E-state index contributed by atoms with van der Waals surface area (Å²) in [5, 5.41) is 31.4. The lowest BCUT2D eigenvalue weighted by atomic mass is 10.0. The summed E-state index contributed by atoms with van der Waals surface area (Å²) in [4.78, 5) is 62.1. The van der Waals surface area contributed by atoms with Crippen molar-refractivity contribution in [3.05, 3.63) is 59.2 Å². The van der Waals surface area contributed by atoms with Crippen LogP contribution in [0.5, 0.6) is 0 Å². The highest BCUT2D eigenvalue weighted by atomic mass is 31.3. The molecule has 7 N–H and O–H groups in total. The highest BCUT2D eigenvalue weighted by Gasteiger charge is 2.46. The lowest BCUT2D eigenvalue weighted by molar-refractivity contribution is -0.161. The van der Waals surface area contributed by atoms with Crippen molar-refractivity contribution in [2.24, 2.45) is 5.92 Å². The van der Waals surface area contributed by atoms with Crippen LogP contribution in [-0.2, 0) is 46.3 Å². The molecular formula is C54H95N3O16P2. The van der Waals surface area contributed by atoms with Gasteiger partial charge in [-0.1, -0.05) is 192 Å². The monoisotopic (exact) mass is 1100 g/mol. The second-order valence-corrected chi connectivity index (χ2v) is 23.2. The van der Waals surface area contributed by atoms with E-state index in [9.17, 15) is 48.6 Å². The molecule has 0 aliphatic carbocycles. The van der Waals surface area contributed by atoms with Gasteiger partial charge < -0.3 is 45.1 Å². The van der Waals surface area contributed by atoms with E-state index in [0.717, 1.165) is 55.2 Å². The number of nitrogen functional groups attached to an aromatic ring is 1. The van der Waals surface area contributed by atoms with Gasteiger partial charge in [-0.15, -0.1) is 0 Å². The summed E-state index contributed by atoms with van der Waals surface area (Å²) in [5.74, 6) is -0.688. The van der Waals surface area contributed by atoms with Crippen LogP contribution in [0, 0.1) is 5.92 Å². The van der Waals surface area contributed by atoms with Crippen LogP contribution in [0.25, 0.3) is 0 Å². The van der Waals surface area contributed by atoms with Crippen LogP contribution < -0.4 is 11.4 Å². The molecule has 21 heteroatoms. The fourth-order valence-electron chi connectivity index (χ4n) is 8.39. The van der Waals surface area contributed by atoms with Crippen molar-refractivity contribution in [1.29, 1.82) is 0 Å². The molecule has 0 amide bonds. The first kappa shape index (κ1) is 68.0. The number of hydrogen-bond acceptors (Lipinski definition) is 16. The Bertz CT molecular complexity index is 1930. The minimum atomic E-state index is -5.47. The van der Waals surface area contributed by atoms with E-state index in [0.29, 0.717) is 6.42 Å². The molecule has 0 aromatic carbocycles. The number of esters is 2. The van der Waals surface area contributed by atoms with Crippen LogP contribution in [0.3, 0.4) is 0 Å². The quantitative estimate of drug-likeness (QED) is 0.0116. The largest absolute Gasteiger partial charge is 0.481 e. The Morgan fingerprint density at radius 1 is 0.733 bits per heavy atom. The Balaban J connectivity index is 1.81. The molecule has 1 saturated heterocycles. The van der Waals surface area contributed by atoms with Crippen molar-refractivity contribution < 1.29 is 71.4 Å². The zero-order valence-electron chi connectivity index (χ0n) is 45.4. The second kappa shape index (κ2) is 41.1. The highest BCUT2D eigenvalue weighted by molar-refractivity contribution is 7.61. The predicted molar refractivity (Wildman–Crippen MR) is 290 cm³/mol. The van der Waals surface area contributed by atoms with Gasteiger partial charge in [0.05, 0.1) is 19.3 Å². The number of carbonyl (C=O) groups is 2. The van der Waals surface area contributed by atoms with Crippen molar-refractivity contribution >= 4 is 33.4 Å². The number of phosphoric ester groups is 2. The maximum absolute atomic E-state index is 12.9. The van der Waals surface area contributed by atoms with E-state index < -0.39 is 89.8 Å². The van der Waals surface area contributed by atoms with Crippen LogP contribution in [-0.4, -0.2) is 96.9 Å². The summed E-state index contributed by atoms with van der Waals surface area (Å²) >= 11 is 0. The van der Waals surface area contributed by atoms with Crippen molar-refractivity contribution in [1.82, 2.24) is 9.55 Å². The third-order valence-electron chi connectivity index (χ3n) is 12.8. The Labute approximate surface area is 447 Å². The summed E-state index contributed by atoms with van der Waals surface area (Å²) in [6, 6.07) is 1.24. The number of hydrogen-bond donors (Lipinski definition) is 6. The summed E-state index contributed by atoms with van der Waals surface area (Å²) < 4.78 is 56.8. The third kappa shape index (κ3) is 34.4. The summed E-state index contributed by atoms with van der Waals surface area (Å²) in [6.45, 7) is 4.33. The molecule has 432 valence electrons. The van der Waals surface area contributed by atoms with Crippen LogP contribution >= 0.6 is 15.6 Å². The van der Waals surface area contributed by atoms with E-state index >= 15 is 0 Å².